The van der Waals surface area contributed by atoms with E-state index >= 15 is 0 Å². The molecule has 3 rings (SSSR count). The van der Waals surface area contributed by atoms with Gasteiger partial charge in [-0.15, -0.1) is 11.3 Å². The molecule has 29 heavy (non-hydrogen) atoms. The third-order valence-corrected chi connectivity index (χ3v) is 6.06. The normalized spacial score (nSPS) is 12.8. The van der Waals surface area contributed by atoms with Crippen molar-refractivity contribution >= 4 is 40.1 Å². The van der Waals surface area contributed by atoms with Crippen LogP contribution < -0.4 is 9.54 Å². The monoisotopic (exact) mass is 446 g/mol. The summed E-state index contributed by atoms with van der Waals surface area (Å²) in [6.07, 6.45) is 1.82. The molecule has 0 unspecified atom stereocenters. The average Bonchev–Trinajstić information content (AvgIpc) is 3.32. The lowest BCUT2D eigenvalue weighted by Gasteiger charge is -2.12. The summed E-state index contributed by atoms with van der Waals surface area (Å²) in [6, 6.07) is 5.11. The van der Waals surface area contributed by atoms with Crippen molar-refractivity contribution in [2.45, 2.75) is 32.7 Å². The Balaban J connectivity index is 2.18. The Labute approximate surface area is 181 Å². The second-order valence-corrected chi connectivity index (χ2v) is 9.18. The fraction of sp³-hybridized carbons (Fsp3) is 0.316. The van der Waals surface area contributed by atoms with Crippen molar-refractivity contribution in [3.63, 3.8) is 0 Å². The number of thiazole rings is 1. The number of halogens is 1. The van der Waals surface area contributed by atoms with Crippen molar-refractivity contribution in [3.05, 3.63) is 55.2 Å². The molecule has 0 amide bonds. The zero-order chi connectivity index (χ0) is 21.0. The quantitative estimate of drug-likeness (QED) is 0.340. The van der Waals surface area contributed by atoms with E-state index in [1.807, 2.05) is 11.6 Å². The lowest BCUT2D eigenvalue weighted by Crippen LogP contribution is -2.20. The molecule has 7 nitrogen and oxygen atoms in total. The van der Waals surface area contributed by atoms with Crippen molar-refractivity contribution < 1.29 is 4.74 Å². The molecular formula is C19H19ClN6OS2. The maximum absolute atomic E-state index is 9.22. The van der Waals surface area contributed by atoms with Gasteiger partial charge in [0.2, 0.25) is 11.0 Å². The van der Waals surface area contributed by atoms with Crippen LogP contribution in [0.5, 0.6) is 5.75 Å². The van der Waals surface area contributed by atoms with Gasteiger partial charge < -0.3 is 4.74 Å². The molecule has 10 heteroatoms. The third-order valence-electron chi connectivity index (χ3n) is 3.82. The van der Waals surface area contributed by atoms with Crippen LogP contribution in [0.15, 0.2) is 39.1 Å². The number of hydrogen-bond donors (Lipinski definition) is 0. The van der Waals surface area contributed by atoms with Gasteiger partial charge in [0.15, 0.2) is 5.84 Å². The van der Waals surface area contributed by atoms with Gasteiger partial charge in [-0.3, -0.25) is 0 Å². The Hall–Kier alpha value is -2.54. The molecule has 0 radical (unpaired) electrons. The number of aliphatic imine (C=N–C) groups is 1. The smallest absolute Gasteiger partial charge is 0.210 e. The van der Waals surface area contributed by atoms with Crippen LogP contribution in [0.2, 0.25) is 5.02 Å². The fourth-order valence-electron chi connectivity index (χ4n) is 2.41. The molecule has 0 saturated carbocycles. The summed E-state index contributed by atoms with van der Waals surface area (Å²) in [5.41, 5.74) is 3.06. The highest BCUT2D eigenvalue weighted by Gasteiger charge is 2.21. The van der Waals surface area contributed by atoms with E-state index in [2.05, 4.69) is 35.7 Å². The van der Waals surface area contributed by atoms with Crippen LogP contribution in [0.4, 0.5) is 0 Å². The van der Waals surface area contributed by atoms with Crippen LogP contribution in [-0.2, 0) is 12.0 Å². The number of ether oxygens (including phenoxy) is 1. The molecule has 0 aliphatic carbocycles. The molecule has 2 aromatic heterocycles. The SMILES string of the molecule is COc1ccc(Cl)cc1C(=NC#N)/N=c1\sc(C(C)(C)C)nn1Cc1cscn1. The van der Waals surface area contributed by atoms with Crippen molar-refractivity contribution in [1.29, 1.82) is 5.26 Å². The Bertz CT molecular complexity index is 1130. The van der Waals surface area contributed by atoms with E-state index in [0.29, 0.717) is 27.7 Å². The highest BCUT2D eigenvalue weighted by molar-refractivity contribution is 7.09. The molecule has 2 heterocycles. The van der Waals surface area contributed by atoms with Crippen LogP contribution in [0.1, 0.15) is 37.0 Å². The molecule has 0 N–H and O–H groups in total. The van der Waals surface area contributed by atoms with Gasteiger partial charge in [0, 0.05) is 15.8 Å². The number of rotatable bonds is 4. The van der Waals surface area contributed by atoms with Crippen LogP contribution in [0, 0.1) is 11.5 Å². The second-order valence-electron chi connectivity index (χ2n) is 7.07. The Kier molecular flexibility index (Phi) is 6.47. The van der Waals surface area contributed by atoms with Crippen molar-refractivity contribution in [1.82, 2.24) is 14.8 Å². The molecule has 0 spiro atoms. The summed E-state index contributed by atoms with van der Waals surface area (Å²) in [5, 5.41) is 17.3. The van der Waals surface area contributed by atoms with Gasteiger partial charge in [0.1, 0.15) is 10.8 Å². The van der Waals surface area contributed by atoms with Crippen molar-refractivity contribution in [2.24, 2.45) is 9.98 Å². The van der Waals surface area contributed by atoms with Gasteiger partial charge in [0.05, 0.1) is 30.4 Å². The molecule has 150 valence electrons. The number of methoxy groups -OCH3 is 1. The van der Waals surface area contributed by atoms with Crippen LogP contribution in [0.25, 0.3) is 0 Å². The van der Waals surface area contributed by atoms with Gasteiger partial charge in [-0.05, 0) is 18.2 Å². The lowest BCUT2D eigenvalue weighted by molar-refractivity contribution is 0.414. The molecule has 0 bridgehead atoms. The number of hydrogen-bond acceptors (Lipinski definition) is 7. The van der Waals surface area contributed by atoms with Crippen LogP contribution >= 0.6 is 34.3 Å². The molecule has 1 aromatic carbocycles. The summed E-state index contributed by atoms with van der Waals surface area (Å²) in [6.45, 7) is 6.74. The molecule has 0 aliphatic heterocycles. The standard InChI is InChI=1S/C19H19ClN6OS2/c1-19(2,3)17-25-26(8-13-9-28-11-23-13)18(29-17)24-16(22-10-21)14-7-12(20)5-6-15(14)27-4/h5-7,9,11H,8H2,1-4H3/b22-16?,24-18-. The fourth-order valence-corrected chi connectivity index (χ4v) is 4.09. The minimum atomic E-state index is -0.150. The number of aromatic nitrogens is 3. The summed E-state index contributed by atoms with van der Waals surface area (Å²) in [5.74, 6) is 0.738. The first-order chi connectivity index (χ1) is 13.8. The zero-order valence-corrected chi connectivity index (χ0v) is 18.8. The molecular weight excluding hydrogens is 428 g/mol. The number of nitriles is 1. The van der Waals surface area contributed by atoms with Gasteiger partial charge in [-0.25, -0.2) is 9.67 Å². The van der Waals surface area contributed by atoms with Gasteiger partial charge >= 0.3 is 0 Å². The van der Waals surface area contributed by atoms with Crippen molar-refractivity contribution in [3.8, 4) is 11.9 Å². The first kappa shape index (κ1) is 21.2. The van der Waals surface area contributed by atoms with E-state index in [1.54, 1.807) is 35.5 Å². The molecule has 0 saturated heterocycles. The van der Waals surface area contributed by atoms with E-state index in [0.717, 1.165) is 10.7 Å². The Morgan fingerprint density at radius 2 is 2.17 bits per heavy atom. The lowest BCUT2D eigenvalue weighted by atomic mass is 9.98. The maximum atomic E-state index is 9.22. The molecule has 0 fully saturated rings. The number of nitrogens with zero attached hydrogens (tertiary/aromatic N) is 6. The zero-order valence-electron chi connectivity index (χ0n) is 16.4. The summed E-state index contributed by atoms with van der Waals surface area (Å²) < 4.78 is 7.19. The Morgan fingerprint density at radius 3 is 2.79 bits per heavy atom. The van der Waals surface area contributed by atoms with Crippen LogP contribution in [0.3, 0.4) is 0 Å². The minimum Gasteiger partial charge on any atom is -0.496 e. The van der Waals surface area contributed by atoms with Gasteiger partial charge in [-0.1, -0.05) is 43.7 Å². The molecule has 0 atom stereocenters. The average molecular weight is 447 g/mol. The van der Waals surface area contributed by atoms with E-state index in [1.165, 1.54) is 22.7 Å². The van der Waals surface area contributed by atoms with Crippen molar-refractivity contribution in [2.75, 3.05) is 7.11 Å². The molecule has 3 aromatic rings. The van der Waals surface area contributed by atoms with E-state index in [4.69, 9.17) is 21.4 Å². The topological polar surface area (TPSA) is 88.5 Å². The van der Waals surface area contributed by atoms with Crippen LogP contribution in [-0.4, -0.2) is 27.7 Å². The molecule has 0 aliphatic rings. The Morgan fingerprint density at radius 1 is 1.38 bits per heavy atom. The van der Waals surface area contributed by atoms with E-state index in [-0.39, 0.29) is 11.3 Å². The second kappa shape index (κ2) is 8.86. The highest BCUT2D eigenvalue weighted by atomic mass is 35.5. The number of benzene rings is 1. The first-order valence-electron chi connectivity index (χ1n) is 8.62. The minimum absolute atomic E-state index is 0.150. The first-order valence-corrected chi connectivity index (χ1v) is 10.8. The summed E-state index contributed by atoms with van der Waals surface area (Å²) in [4.78, 5) is 13.5. The maximum Gasteiger partial charge on any atom is 0.210 e. The third kappa shape index (κ3) is 5.09. The summed E-state index contributed by atoms with van der Waals surface area (Å²) in [7, 11) is 1.55. The van der Waals surface area contributed by atoms with E-state index in [9.17, 15) is 5.26 Å². The largest absolute Gasteiger partial charge is 0.496 e. The predicted molar refractivity (Wildman–Crippen MR) is 116 cm³/mol. The highest BCUT2D eigenvalue weighted by Crippen LogP contribution is 2.25. The number of amidine groups is 1. The van der Waals surface area contributed by atoms with E-state index < -0.39 is 0 Å². The predicted octanol–water partition coefficient (Wildman–Crippen LogP) is 4.24. The van der Waals surface area contributed by atoms with Gasteiger partial charge in [-0.2, -0.15) is 20.3 Å². The summed E-state index contributed by atoms with van der Waals surface area (Å²) >= 11 is 9.13. The van der Waals surface area contributed by atoms with Gasteiger partial charge in [0.25, 0.3) is 0 Å².